The van der Waals surface area contributed by atoms with Gasteiger partial charge < -0.3 is 14.8 Å². The minimum atomic E-state index is -0.514. The predicted molar refractivity (Wildman–Crippen MR) is 65.8 cm³/mol. The molecule has 0 aliphatic rings. The fraction of sp³-hybridized carbons (Fsp3) is 0.167. The van der Waals surface area contributed by atoms with E-state index in [9.17, 15) is 4.39 Å². The Morgan fingerprint density at radius 3 is 2.89 bits per heavy atom. The largest absolute Gasteiger partial charge is 0.370 e. The molecule has 0 radical (unpaired) electrons. The zero-order chi connectivity index (χ0) is 12.7. The molecule has 2 aromatic heterocycles. The first kappa shape index (κ1) is 10.8. The van der Waals surface area contributed by atoms with E-state index in [-0.39, 0.29) is 0 Å². The smallest absolute Gasteiger partial charge is 0.238 e. The molecule has 5 nitrogen and oxygen atoms in total. The molecule has 0 saturated carbocycles. The number of hydrogen-bond acceptors (Lipinski definition) is 4. The van der Waals surface area contributed by atoms with Gasteiger partial charge in [-0.15, -0.1) is 0 Å². The van der Waals surface area contributed by atoms with Crippen molar-refractivity contribution in [1.29, 1.82) is 0 Å². The number of anilines is 1. The van der Waals surface area contributed by atoms with Crippen LogP contribution in [0.2, 0.25) is 0 Å². The average molecular weight is 246 g/mol. The van der Waals surface area contributed by atoms with Gasteiger partial charge in [-0.3, -0.25) is 0 Å². The van der Waals surface area contributed by atoms with Gasteiger partial charge in [0.05, 0.1) is 5.39 Å². The molecule has 92 valence electrons. The molecule has 0 amide bonds. The monoisotopic (exact) mass is 246 g/mol. The third-order valence-corrected chi connectivity index (χ3v) is 2.78. The van der Waals surface area contributed by atoms with Crippen molar-refractivity contribution in [2.45, 2.75) is 6.92 Å². The van der Waals surface area contributed by atoms with Gasteiger partial charge in [-0.1, -0.05) is 11.2 Å². The topological polar surface area (TPSA) is 66.7 Å². The van der Waals surface area contributed by atoms with Crippen LogP contribution in [0.3, 0.4) is 0 Å². The van der Waals surface area contributed by atoms with Crippen LogP contribution >= 0.6 is 0 Å². The lowest BCUT2D eigenvalue weighted by atomic mass is 10.1. The first-order valence-electron chi connectivity index (χ1n) is 5.48. The molecule has 0 aliphatic carbocycles. The molecular weight excluding hydrogens is 235 g/mol. The summed E-state index contributed by atoms with van der Waals surface area (Å²) in [5.41, 5.74) is 1.64. The SMILES string of the molecule is CNc1noc2cc(-c3[nH]c(C)nc3F)ccc12. The Labute approximate surface area is 102 Å². The fourth-order valence-corrected chi connectivity index (χ4v) is 1.93. The van der Waals surface area contributed by atoms with E-state index >= 15 is 0 Å². The van der Waals surface area contributed by atoms with E-state index in [4.69, 9.17) is 4.52 Å². The minimum absolute atomic E-state index is 0.358. The third kappa shape index (κ3) is 1.54. The van der Waals surface area contributed by atoms with Crippen molar-refractivity contribution < 1.29 is 8.91 Å². The lowest BCUT2D eigenvalue weighted by Crippen LogP contribution is -1.87. The number of H-pyrrole nitrogens is 1. The third-order valence-electron chi connectivity index (χ3n) is 2.78. The van der Waals surface area contributed by atoms with Crippen LogP contribution < -0.4 is 5.32 Å². The Hall–Kier alpha value is -2.37. The van der Waals surface area contributed by atoms with E-state index in [2.05, 4.69) is 20.4 Å². The van der Waals surface area contributed by atoms with Gasteiger partial charge in [-0.2, -0.15) is 4.39 Å². The van der Waals surface area contributed by atoms with Crippen LogP contribution in [0.1, 0.15) is 5.82 Å². The Balaban J connectivity index is 2.16. The van der Waals surface area contributed by atoms with Gasteiger partial charge in [-0.25, -0.2) is 4.98 Å². The number of aryl methyl sites for hydroxylation is 1. The Bertz CT molecular complexity index is 716. The molecular formula is C12H11FN4O. The van der Waals surface area contributed by atoms with Crippen molar-refractivity contribution >= 4 is 16.8 Å². The molecule has 0 unspecified atom stereocenters. The number of rotatable bonds is 2. The standard InChI is InChI=1S/C12H11FN4O/c1-6-15-10(11(13)16-6)7-3-4-8-9(5-7)18-17-12(8)14-2/h3-5H,1-2H3,(H,14,17)(H,15,16). The lowest BCUT2D eigenvalue weighted by Gasteiger charge is -1.98. The second-order valence-electron chi connectivity index (χ2n) is 3.98. The first-order valence-corrected chi connectivity index (χ1v) is 5.48. The van der Waals surface area contributed by atoms with Crippen LogP contribution in [0.25, 0.3) is 22.2 Å². The number of nitrogens with one attached hydrogen (secondary N) is 2. The average Bonchev–Trinajstić information content (AvgIpc) is 2.91. The molecule has 2 heterocycles. The summed E-state index contributed by atoms with van der Waals surface area (Å²) in [6.07, 6.45) is 0. The second-order valence-corrected chi connectivity index (χ2v) is 3.98. The van der Waals surface area contributed by atoms with Crippen LogP contribution in [0.4, 0.5) is 10.2 Å². The summed E-state index contributed by atoms with van der Waals surface area (Å²) >= 11 is 0. The molecule has 3 rings (SSSR count). The highest BCUT2D eigenvalue weighted by atomic mass is 19.1. The molecule has 2 N–H and O–H groups in total. The lowest BCUT2D eigenvalue weighted by molar-refractivity contribution is 0.460. The van der Waals surface area contributed by atoms with Gasteiger partial charge in [-0.05, 0) is 19.1 Å². The summed E-state index contributed by atoms with van der Waals surface area (Å²) in [7, 11) is 1.77. The molecule has 0 saturated heterocycles. The second kappa shape index (κ2) is 3.83. The number of aromatic amines is 1. The van der Waals surface area contributed by atoms with Gasteiger partial charge in [0.2, 0.25) is 5.95 Å². The molecule has 0 atom stereocenters. The molecule has 1 aromatic carbocycles. The number of fused-ring (bicyclic) bond motifs is 1. The number of imidazole rings is 1. The Morgan fingerprint density at radius 2 is 2.22 bits per heavy atom. The number of hydrogen-bond donors (Lipinski definition) is 2. The summed E-state index contributed by atoms with van der Waals surface area (Å²) in [5, 5.41) is 7.66. The summed E-state index contributed by atoms with van der Waals surface area (Å²) in [6, 6.07) is 5.37. The van der Waals surface area contributed by atoms with E-state index in [1.807, 2.05) is 6.07 Å². The van der Waals surface area contributed by atoms with Gasteiger partial charge in [0.15, 0.2) is 11.4 Å². The van der Waals surface area contributed by atoms with Crippen molar-refractivity contribution in [3.63, 3.8) is 0 Å². The van der Waals surface area contributed by atoms with Crippen molar-refractivity contribution in [2.24, 2.45) is 0 Å². The number of nitrogens with zero attached hydrogens (tertiary/aromatic N) is 2. The summed E-state index contributed by atoms with van der Waals surface area (Å²) < 4.78 is 18.7. The van der Waals surface area contributed by atoms with Gasteiger partial charge in [0.1, 0.15) is 11.5 Å². The zero-order valence-corrected chi connectivity index (χ0v) is 9.91. The van der Waals surface area contributed by atoms with Gasteiger partial charge in [0.25, 0.3) is 0 Å². The molecule has 0 fully saturated rings. The Kier molecular flexibility index (Phi) is 2.29. The molecule has 0 bridgehead atoms. The van der Waals surface area contributed by atoms with Crippen molar-refractivity contribution in [3.8, 4) is 11.3 Å². The van der Waals surface area contributed by atoms with Crippen LogP contribution in [-0.2, 0) is 0 Å². The molecule has 6 heteroatoms. The number of benzene rings is 1. The van der Waals surface area contributed by atoms with Crippen molar-refractivity contribution in [2.75, 3.05) is 12.4 Å². The highest BCUT2D eigenvalue weighted by Gasteiger charge is 2.13. The maximum Gasteiger partial charge on any atom is 0.238 e. The maximum atomic E-state index is 13.6. The highest BCUT2D eigenvalue weighted by molar-refractivity contribution is 5.90. The summed E-state index contributed by atoms with van der Waals surface area (Å²) in [4.78, 5) is 6.59. The molecule has 0 spiro atoms. The van der Waals surface area contributed by atoms with Crippen LogP contribution in [0.15, 0.2) is 22.7 Å². The zero-order valence-electron chi connectivity index (χ0n) is 9.91. The van der Waals surface area contributed by atoms with E-state index in [1.54, 1.807) is 26.1 Å². The fourth-order valence-electron chi connectivity index (χ4n) is 1.93. The Morgan fingerprint density at radius 1 is 1.39 bits per heavy atom. The highest BCUT2D eigenvalue weighted by Crippen LogP contribution is 2.28. The van der Waals surface area contributed by atoms with E-state index in [0.29, 0.717) is 28.5 Å². The maximum absolute atomic E-state index is 13.6. The van der Waals surface area contributed by atoms with Crippen LogP contribution in [0, 0.1) is 12.9 Å². The van der Waals surface area contributed by atoms with E-state index in [1.165, 1.54) is 0 Å². The van der Waals surface area contributed by atoms with Crippen molar-refractivity contribution in [1.82, 2.24) is 15.1 Å². The van der Waals surface area contributed by atoms with Crippen LogP contribution in [-0.4, -0.2) is 22.2 Å². The number of aromatic nitrogens is 3. The number of halogens is 1. The first-order chi connectivity index (χ1) is 8.69. The predicted octanol–water partition coefficient (Wildman–Crippen LogP) is 2.71. The normalized spacial score (nSPS) is 11.1. The minimum Gasteiger partial charge on any atom is -0.370 e. The quantitative estimate of drug-likeness (QED) is 0.729. The van der Waals surface area contributed by atoms with Crippen molar-refractivity contribution in [3.05, 3.63) is 30.0 Å². The molecule has 3 aromatic rings. The van der Waals surface area contributed by atoms with E-state index < -0.39 is 5.95 Å². The molecule has 18 heavy (non-hydrogen) atoms. The summed E-state index contributed by atoms with van der Waals surface area (Å²) in [6.45, 7) is 1.71. The summed E-state index contributed by atoms with van der Waals surface area (Å²) in [5.74, 6) is 0.689. The van der Waals surface area contributed by atoms with Gasteiger partial charge >= 0.3 is 0 Å². The van der Waals surface area contributed by atoms with E-state index in [0.717, 1.165) is 5.39 Å². The molecule has 0 aliphatic heterocycles. The van der Waals surface area contributed by atoms with Gasteiger partial charge in [0, 0.05) is 12.6 Å². The van der Waals surface area contributed by atoms with Crippen LogP contribution in [0.5, 0.6) is 0 Å².